The molecule has 0 radical (unpaired) electrons. The van der Waals surface area contributed by atoms with Crippen molar-refractivity contribution in [3.63, 3.8) is 0 Å². The molecule has 16 nitrogen and oxygen atoms in total. The number of fused-ring (bicyclic) bond motifs is 1. The molecule has 0 bridgehead atoms. The van der Waals surface area contributed by atoms with Crippen molar-refractivity contribution in [2.45, 2.75) is 68.6 Å². The first-order valence-electron chi connectivity index (χ1n) is 18.8. The van der Waals surface area contributed by atoms with Crippen LogP contribution in [0.1, 0.15) is 48.4 Å². The van der Waals surface area contributed by atoms with Gasteiger partial charge in [0.15, 0.2) is 17.0 Å². The lowest BCUT2D eigenvalue weighted by Crippen LogP contribution is -2.47. The molecule has 0 spiro atoms. The summed E-state index contributed by atoms with van der Waals surface area (Å²) in [6.07, 6.45) is -0.463. The first-order valence-corrected chi connectivity index (χ1v) is 18.8. The number of imidazole rings is 1. The van der Waals surface area contributed by atoms with Gasteiger partial charge in [0.1, 0.15) is 24.0 Å². The number of benzene rings is 3. The maximum Gasteiger partial charge on any atom is 0.325 e. The molecular weight excluding hydrogens is 717 g/mol. The van der Waals surface area contributed by atoms with Gasteiger partial charge >= 0.3 is 12.1 Å². The number of urea groups is 2. The van der Waals surface area contributed by atoms with Gasteiger partial charge in [-0.3, -0.25) is 9.69 Å². The Labute approximate surface area is 322 Å². The van der Waals surface area contributed by atoms with Crippen molar-refractivity contribution < 1.29 is 29.7 Å². The minimum absolute atomic E-state index is 0.0363. The number of carbonyl (C=O) groups excluding carboxylic acids is 3. The Morgan fingerprint density at radius 2 is 1.66 bits per heavy atom. The zero-order chi connectivity index (χ0) is 38.9. The molecule has 3 fully saturated rings. The number of amides is 5. The number of aliphatic hydroxyl groups is 2. The Hall–Kier alpha value is -6.26. The highest BCUT2D eigenvalue weighted by Crippen LogP contribution is 2.38. The number of phenolic OH excluding ortho intramolecular Hbond substituents is 1. The quantitative estimate of drug-likeness (QED) is 0.0974. The summed E-state index contributed by atoms with van der Waals surface area (Å²) in [5, 5.41) is 44.3. The Kier molecular flexibility index (Phi) is 10.1. The number of hydrogen-bond donors (Lipinski definition) is 7. The van der Waals surface area contributed by atoms with Crippen LogP contribution in [0.2, 0.25) is 0 Å². The topological polar surface area (TPSA) is 210 Å². The third kappa shape index (κ3) is 7.27. The standard InChI is InChI=1S/C40H44N10O6/c1-23-37(54)50(40(56)44-23)31-18-30(33(52)34(31)53)49-22-43-32-35(41-20-29(25-10-4-2-5-11-25)26-12-6-3-7-13-26)46-38(47-36(32)49)48-16-15-27(21-48)45-39(55)42-19-24-9-8-14-28(51)17-24/h2-14,17,22-23,27,29-31,33-34,51-53H,15-16,18-21H2,1H3,(H,44,56)(H,41,46,47)(H2,42,45,55)/t23?,27?,30-,31+,33+,34-/m1/s1. The van der Waals surface area contributed by atoms with Crippen LogP contribution in [0.3, 0.4) is 0 Å². The highest BCUT2D eigenvalue weighted by molar-refractivity contribution is 6.04. The molecule has 2 aromatic heterocycles. The van der Waals surface area contributed by atoms with Crippen LogP contribution >= 0.6 is 0 Å². The summed E-state index contributed by atoms with van der Waals surface area (Å²) >= 11 is 0. The van der Waals surface area contributed by atoms with Crippen LogP contribution in [-0.4, -0.2) is 108 Å². The summed E-state index contributed by atoms with van der Waals surface area (Å²) in [6.45, 7) is 3.26. The van der Waals surface area contributed by atoms with Gasteiger partial charge in [-0.2, -0.15) is 9.97 Å². The molecule has 4 heterocycles. The van der Waals surface area contributed by atoms with Gasteiger partial charge in [0.2, 0.25) is 5.95 Å². The maximum atomic E-state index is 12.9. The number of rotatable bonds is 11. The van der Waals surface area contributed by atoms with E-state index in [4.69, 9.17) is 15.0 Å². The molecule has 56 heavy (non-hydrogen) atoms. The Balaban J connectivity index is 1.08. The van der Waals surface area contributed by atoms with Crippen LogP contribution in [0, 0.1) is 0 Å². The average molecular weight is 761 g/mol. The summed E-state index contributed by atoms with van der Waals surface area (Å²) in [7, 11) is 0. The number of aromatic hydroxyl groups is 1. The number of aliphatic hydroxyl groups excluding tert-OH is 2. The third-order valence-electron chi connectivity index (χ3n) is 10.9. The van der Waals surface area contributed by atoms with Crippen LogP contribution in [0.25, 0.3) is 11.2 Å². The lowest BCUT2D eigenvalue weighted by Gasteiger charge is -2.24. The second kappa shape index (κ2) is 15.5. The smallest absolute Gasteiger partial charge is 0.325 e. The summed E-state index contributed by atoms with van der Waals surface area (Å²) < 4.78 is 1.69. The van der Waals surface area contributed by atoms with Crippen LogP contribution in [-0.2, 0) is 11.3 Å². The number of nitrogens with zero attached hydrogens (tertiary/aromatic N) is 6. The van der Waals surface area contributed by atoms with E-state index in [0.29, 0.717) is 49.0 Å². The van der Waals surface area contributed by atoms with Gasteiger partial charge in [-0.1, -0.05) is 72.8 Å². The number of phenols is 1. The fraction of sp³-hybridized carbons (Fsp3) is 0.350. The fourth-order valence-electron chi connectivity index (χ4n) is 8.01. The molecule has 290 valence electrons. The van der Waals surface area contributed by atoms with E-state index in [9.17, 15) is 29.7 Å². The minimum atomic E-state index is -1.39. The normalized spacial score (nSPS) is 23.6. The Morgan fingerprint density at radius 1 is 0.946 bits per heavy atom. The molecule has 2 unspecified atom stereocenters. The Bertz CT molecular complexity index is 2180. The van der Waals surface area contributed by atoms with Crippen molar-refractivity contribution in [3.8, 4) is 5.75 Å². The van der Waals surface area contributed by atoms with Crippen LogP contribution in [0.15, 0.2) is 91.3 Å². The number of carbonyl (C=O) groups is 3. The number of hydrogen-bond acceptors (Lipinski definition) is 11. The zero-order valence-corrected chi connectivity index (χ0v) is 30.7. The number of imide groups is 1. The van der Waals surface area contributed by atoms with E-state index in [1.165, 1.54) is 0 Å². The molecule has 3 aliphatic rings. The molecule has 5 amide bonds. The summed E-state index contributed by atoms with van der Waals surface area (Å²) in [6, 6.07) is 23.4. The SMILES string of the molecule is CC1NC(=O)N([C@H]2C[C@@H](n3cnc4c(NCC(c5ccccc5)c5ccccc5)nc(N5CCC(NC(=O)NCc6cccc(O)c6)C5)nc43)[C@H](O)[C@@H]2O)C1=O. The predicted molar refractivity (Wildman–Crippen MR) is 207 cm³/mol. The van der Waals surface area contributed by atoms with Crippen molar-refractivity contribution in [3.05, 3.63) is 108 Å². The zero-order valence-electron chi connectivity index (χ0n) is 30.7. The lowest BCUT2D eigenvalue weighted by atomic mass is 9.91. The van der Waals surface area contributed by atoms with Crippen molar-refractivity contribution in [2.24, 2.45) is 0 Å². The minimum Gasteiger partial charge on any atom is -0.508 e. The van der Waals surface area contributed by atoms with Gasteiger partial charge in [-0.05, 0) is 48.6 Å². The second-order valence-electron chi connectivity index (χ2n) is 14.6. The largest absolute Gasteiger partial charge is 0.508 e. The molecule has 2 aliphatic heterocycles. The molecule has 1 saturated carbocycles. The lowest BCUT2D eigenvalue weighted by molar-refractivity contribution is -0.130. The second-order valence-corrected chi connectivity index (χ2v) is 14.6. The maximum absolute atomic E-state index is 12.9. The van der Waals surface area contributed by atoms with E-state index in [2.05, 4.69) is 45.5 Å². The van der Waals surface area contributed by atoms with Gasteiger partial charge in [-0.15, -0.1) is 0 Å². The van der Waals surface area contributed by atoms with Crippen molar-refractivity contribution in [2.75, 3.05) is 29.9 Å². The number of anilines is 2. The number of aromatic nitrogens is 4. The summed E-state index contributed by atoms with van der Waals surface area (Å²) in [5.41, 5.74) is 3.84. The molecule has 2 saturated heterocycles. The first-order chi connectivity index (χ1) is 27.1. The highest BCUT2D eigenvalue weighted by atomic mass is 16.3. The molecular formula is C40H44N10O6. The Morgan fingerprint density at radius 3 is 2.34 bits per heavy atom. The molecule has 5 aromatic rings. The van der Waals surface area contributed by atoms with Crippen molar-refractivity contribution >= 4 is 40.9 Å². The van der Waals surface area contributed by atoms with Gasteiger partial charge in [0, 0.05) is 38.1 Å². The van der Waals surface area contributed by atoms with E-state index in [0.717, 1.165) is 21.6 Å². The monoisotopic (exact) mass is 760 g/mol. The highest BCUT2D eigenvalue weighted by Gasteiger charge is 2.51. The van der Waals surface area contributed by atoms with Gasteiger partial charge in [-0.25, -0.2) is 14.6 Å². The predicted octanol–water partition coefficient (Wildman–Crippen LogP) is 2.83. The van der Waals surface area contributed by atoms with Gasteiger partial charge < -0.3 is 46.1 Å². The molecule has 16 heteroatoms. The molecule has 3 aromatic carbocycles. The van der Waals surface area contributed by atoms with Crippen molar-refractivity contribution in [1.82, 2.24) is 40.4 Å². The van der Waals surface area contributed by atoms with Crippen LogP contribution in [0.4, 0.5) is 21.4 Å². The molecule has 6 atom stereocenters. The van der Waals surface area contributed by atoms with Gasteiger partial charge in [0.25, 0.3) is 5.91 Å². The molecule has 1 aliphatic carbocycles. The van der Waals surface area contributed by atoms with E-state index in [-0.39, 0.29) is 36.7 Å². The van der Waals surface area contributed by atoms with Crippen molar-refractivity contribution in [1.29, 1.82) is 0 Å². The molecule has 7 N–H and O–H groups in total. The number of nitrogens with one attached hydrogen (secondary N) is 4. The van der Waals surface area contributed by atoms with E-state index in [1.54, 1.807) is 36.0 Å². The van der Waals surface area contributed by atoms with E-state index < -0.39 is 42.3 Å². The summed E-state index contributed by atoms with van der Waals surface area (Å²) in [4.78, 5) is 56.1. The van der Waals surface area contributed by atoms with Crippen LogP contribution in [0.5, 0.6) is 5.75 Å². The third-order valence-corrected chi connectivity index (χ3v) is 10.9. The van der Waals surface area contributed by atoms with E-state index in [1.807, 2.05) is 47.4 Å². The molecule has 8 rings (SSSR count). The fourth-order valence-corrected chi connectivity index (χ4v) is 8.01. The van der Waals surface area contributed by atoms with Gasteiger partial charge in [0.05, 0.1) is 18.4 Å². The van der Waals surface area contributed by atoms with E-state index >= 15 is 0 Å². The van der Waals surface area contributed by atoms with Crippen LogP contribution < -0.4 is 26.2 Å². The first kappa shape index (κ1) is 36.7. The average Bonchev–Trinajstić information content (AvgIpc) is 3.97. The summed E-state index contributed by atoms with van der Waals surface area (Å²) in [5.74, 6) is 0.477.